The molecule has 1 unspecified atom stereocenters. The molecule has 19 heavy (non-hydrogen) atoms. The van der Waals surface area contributed by atoms with Crippen molar-refractivity contribution in [2.75, 3.05) is 0 Å². The topological polar surface area (TPSA) is 24.9 Å². The molecule has 5 heteroatoms. The maximum absolute atomic E-state index is 13.6. The Hall–Kier alpha value is -1.33. The van der Waals surface area contributed by atoms with Gasteiger partial charge in [-0.1, -0.05) is 6.07 Å². The molecule has 1 aromatic carbocycles. The molecule has 100 valence electrons. The molecule has 0 saturated carbocycles. The zero-order valence-electron chi connectivity index (χ0n) is 10.3. The molecule has 2 rings (SSSR count). The minimum absolute atomic E-state index is 0.209. The number of aromatic nitrogens is 1. The Labute approximate surface area is 119 Å². The van der Waals surface area contributed by atoms with Crippen molar-refractivity contribution in [1.82, 2.24) is 10.3 Å². The van der Waals surface area contributed by atoms with Crippen LogP contribution in [-0.2, 0) is 6.54 Å². The molecule has 2 nitrogen and oxygen atoms in total. The summed E-state index contributed by atoms with van der Waals surface area (Å²) in [7, 11) is 0. The van der Waals surface area contributed by atoms with Gasteiger partial charge < -0.3 is 5.32 Å². The Morgan fingerprint density at radius 1 is 1.26 bits per heavy atom. The van der Waals surface area contributed by atoms with Crippen LogP contribution < -0.4 is 5.32 Å². The Bertz CT molecular complexity index is 575. The summed E-state index contributed by atoms with van der Waals surface area (Å²) in [6.07, 6.45) is 3.44. The van der Waals surface area contributed by atoms with Gasteiger partial charge in [0.15, 0.2) is 0 Å². The van der Waals surface area contributed by atoms with Crippen LogP contribution in [-0.4, -0.2) is 4.98 Å². The molecule has 1 N–H and O–H groups in total. The highest BCUT2D eigenvalue weighted by atomic mass is 79.9. The molecule has 1 heterocycles. The maximum Gasteiger partial charge on any atom is 0.130 e. The number of nitrogens with zero attached hydrogens (tertiary/aromatic N) is 1. The van der Waals surface area contributed by atoms with Crippen molar-refractivity contribution in [1.29, 1.82) is 0 Å². The van der Waals surface area contributed by atoms with Crippen LogP contribution in [0.15, 0.2) is 41.1 Å². The van der Waals surface area contributed by atoms with Gasteiger partial charge in [-0.3, -0.25) is 4.98 Å². The van der Waals surface area contributed by atoms with Gasteiger partial charge >= 0.3 is 0 Å². The van der Waals surface area contributed by atoms with E-state index in [1.54, 1.807) is 12.4 Å². The van der Waals surface area contributed by atoms with Gasteiger partial charge in [-0.2, -0.15) is 0 Å². The van der Waals surface area contributed by atoms with Gasteiger partial charge in [0.1, 0.15) is 11.6 Å². The number of pyridine rings is 1. The van der Waals surface area contributed by atoms with Crippen LogP contribution in [0.25, 0.3) is 0 Å². The summed E-state index contributed by atoms with van der Waals surface area (Å²) in [6, 6.07) is 5.35. The summed E-state index contributed by atoms with van der Waals surface area (Å²) in [5.74, 6) is -1.10. The monoisotopic (exact) mass is 326 g/mol. The summed E-state index contributed by atoms with van der Waals surface area (Å²) in [5, 5.41) is 3.18. The third-order valence-electron chi connectivity index (χ3n) is 2.80. The second kappa shape index (κ2) is 6.21. The molecule has 0 aliphatic carbocycles. The predicted molar refractivity (Wildman–Crippen MR) is 73.5 cm³/mol. The Morgan fingerprint density at radius 2 is 2.05 bits per heavy atom. The third-order valence-corrected chi connectivity index (χ3v) is 3.24. The van der Waals surface area contributed by atoms with Gasteiger partial charge in [-0.25, -0.2) is 8.78 Å². The zero-order valence-corrected chi connectivity index (χ0v) is 11.9. The molecular formula is C14H13BrF2N2. The van der Waals surface area contributed by atoms with Gasteiger partial charge in [-0.15, -0.1) is 0 Å². The smallest absolute Gasteiger partial charge is 0.130 e. The number of rotatable bonds is 4. The van der Waals surface area contributed by atoms with Gasteiger partial charge in [0.05, 0.1) is 0 Å². The first-order chi connectivity index (χ1) is 9.06. The molecule has 0 spiro atoms. The SMILES string of the molecule is CC(NCc1cncc(Br)c1)c1ccc(F)cc1F. The average molecular weight is 327 g/mol. The molecule has 1 aromatic heterocycles. The number of halogens is 3. The second-order valence-electron chi connectivity index (χ2n) is 4.28. The average Bonchev–Trinajstić information content (AvgIpc) is 2.36. The van der Waals surface area contributed by atoms with Crippen LogP contribution in [0.1, 0.15) is 24.1 Å². The van der Waals surface area contributed by atoms with Crippen LogP contribution in [0, 0.1) is 11.6 Å². The van der Waals surface area contributed by atoms with E-state index < -0.39 is 11.6 Å². The van der Waals surface area contributed by atoms with Crippen molar-refractivity contribution < 1.29 is 8.78 Å². The molecule has 0 radical (unpaired) electrons. The van der Waals surface area contributed by atoms with Crippen molar-refractivity contribution in [2.24, 2.45) is 0 Å². The number of hydrogen-bond donors (Lipinski definition) is 1. The third kappa shape index (κ3) is 3.81. The van der Waals surface area contributed by atoms with E-state index in [1.165, 1.54) is 12.1 Å². The van der Waals surface area contributed by atoms with Crippen molar-refractivity contribution in [3.8, 4) is 0 Å². The van der Waals surface area contributed by atoms with Gasteiger partial charge in [0, 0.05) is 41.1 Å². The first-order valence-corrected chi connectivity index (χ1v) is 6.63. The number of nitrogens with one attached hydrogen (secondary N) is 1. The summed E-state index contributed by atoms with van der Waals surface area (Å²) in [6.45, 7) is 2.39. The Kier molecular flexibility index (Phi) is 4.61. The molecule has 2 aromatic rings. The summed E-state index contributed by atoms with van der Waals surface area (Å²) in [4.78, 5) is 4.05. The molecule has 0 fully saturated rings. The van der Waals surface area contributed by atoms with Crippen LogP contribution in [0.4, 0.5) is 8.78 Å². The second-order valence-corrected chi connectivity index (χ2v) is 5.20. The zero-order chi connectivity index (χ0) is 13.8. The number of hydrogen-bond acceptors (Lipinski definition) is 2. The largest absolute Gasteiger partial charge is 0.306 e. The van der Waals surface area contributed by atoms with E-state index in [4.69, 9.17) is 0 Å². The van der Waals surface area contributed by atoms with Crippen molar-refractivity contribution >= 4 is 15.9 Å². The predicted octanol–water partition coefficient (Wildman–Crippen LogP) is 3.97. The fourth-order valence-electron chi connectivity index (χ4n) is 1.79. The highest BCUT2D eigenvalue weighted by molar-refractivity contribution is 9.10. The lowest BCUT2D eigenvalue weighted by atomic mass is 10.1. The van der Waals surface area contributed by atoms with Crippen molar-refractivity contribution in [2.45, 2.75) is 19.5 Å². The molecule has 0 aliphatic heterocycles. The fourth-order valence-corrected chi connectivity index (χ4v) is 2.20. The summed E-state index contributed by atoms with van der Waals surface area (Å²) < 4.78 is 27.3. The van der Waals surface area contributed by atoms with E-state index in [2.05, 4.69) is 26.2 Å². The first kappa shape index (κ1) is 14.1. The van der Waals surface area contributed by atoms with Gasteiger partial charge in [0.2, 0.25) is 0 Å². The normalized spacial score (nSPS) is 12.4. The minimum Gasteiger partial charge on any atom is -0.306 e. The summed E-state index contributed by atoms with van der Waals surface area (Å²) >= 11 is 3.34. The summed E-state index contributed by atoms with van der Waals surface area (Å²) in [5.41, 5.74) is 1.44. The van der Waals surface area contributed by atoms with E-state index in [-0.39, 0.29) is 6.04 Å². The van der Waals surface area contributed by atoms with Gasteiger partial charge in [-0.05, 0) is 40.5 Å². The molecule has 0 aliphatic rings. The van der Waals surface area contributed by atoms with E-state index in [1.807, 2.05) is 13.0 Å². The Morgan fingerprint density at radius 3 is 2.74 bits per heavy atom. The van der Waals surface area contributed by atoms with E-state index >= 15 is 0 Å². The van der Waals surface area contributed by atoms with Crippen LogP contribution in [0.3, 0.4) is 0 Å². The van der Waals surface area contributed by atoms with Gasteiger partial charge in [0.25, 0.3) is 0 Å². The van der Waals surface area contributed by atoms with Crippen molar-refractivity contribution in [3.05, 3.63) is 63.9 Å². The molecule has 1 atom stereocenters. The molecule has 0 amide bonds. The maximum atomic E-state index is 13.6. The highest BCUT2D eigenvalue weighted by Crippen LogP contribution is 2.18. The Balaban J connectivity index is 2.03. The number of benzene rings is 1. The lowest BCUT2D eigenvalue weighted by Gasteiger charge is -2.15. The molecular weight excluding hydrogens is 314 g/mol. The quantitative estimate of drug-likeness (QED) is 0.919. The first-order valence-electron chi connectivity index (χ1n) is 5.84. The lowest BCUT2D eigenvalue weighted by Crippen LogP contribution is -2.19. The van der Waals surface area contributed by atoms with E-state index in [0.29, 0.717) is 12.1 Å². The van der Waals surface area contributed by atoms with Crippen LogP contribution in [0.2, 0.25) is 0 Å². The van der Waals surface area contributed by atoms with Crippen molar-refractivity contribution in [3.63, 3.8) is 0 Å². The lowest BCUT2D eigenvalue weighted by molar-refractivity contribution is 0.517. The minimum atomic E-state index is -0.565. The van der Waals surface area contributed by atoms with E-state index in [0.717, 1.165) is 16.1 Å². The molecule has 0 bridgehead atoms. The standard InChI is InChI=1S/C14H13BrF2N2/c1-9(13-3-2-12(16)5-14(13)17)19-7-10-4-11(15)8-18-6-10/h2-6,8-9,19H,7H2,1H3. The molecule has 0 saturated heterocycles. The van der Waals surface area contributed by atoms with Crippen LogP contribution in [0.5, 0.6) is 0 Å². The highest BCUT2D eigenvalue weighted by Gasteiger charge is 2.11. The van der Waals surface area contributed by atoms with E-state index in [9.17, 15) is 8.78 Å². The fraction of sp³-hybridized carbons (Fsp3) is 0.214. The van der Waals surface area contributed by atoms with Crippen LogP contribution >= 0.6 is 15.9 Å².